The van der Waals surface area contributed by atoms with Crippen LogP contribution in [0.2, 0.25) is 0 Å². The number of hydrogen-bond donors (Lipinski definition) is 0. The van der Waals surface area contributed by atoms with Crippen LogP contribution in [0.5, 0.6) is 11.5 Å². The lowest BCUT2D eigenvalue weighted by atomic mass is 10.0. The van der Waals surface area contributed by atoms with Crippen molar-refractivity contribution in [2.45, 2.75) is 24.7 Å². The maximum absolute atomic E-state index is 14.1. The lowest BCUT2D eigenvalue weighted by Gasteiger charge is -2.32. The molecule has 1 aromatic heterocycles. The Morgan fingerprint density at radius 3 is 2.22 bits per heavy atom. The normalized spacial score (nSPS) is 12.3. The fraction of sp³-hybridized carbons (Fsp3) is 0.280. The largest absolute Gasteiger partial charge is 0.497 e. The average molecular weight is 530 g/mol. The molecule has 37 heavy (non-hydrogen) atoms. The van der Waals surface area contributed by atoms with Crippen molar-refractivity contribution < 1.29 is 49.8 Å². The Kier molecular flexibility index (Phi) is 7.61. The lowest BCUT2D eigenvalue weighted by molar-refractivity contribution is -0.322. The molecule has 1 heterocycles. The summed E-state index contributed by atoms with van der Waals surface area (Å²) in [5, 5.41) is 0.352. The molecular formula is C25H20F6O6. The van der Waals surface area contributed by atoms with Gasteiger partial charge in [0.2, 0.25) is 0 Å². The van der Waals surface area contributed by atoms with Crippen LogP contribution in [0.15, 0.2) is 64.3 Å². The standard InChI is InChI=1S/C25H20F6O6/c1-4-21(32)36-13-24(28,29)25(30,31)23(26,27)12-35-17-6-5-15-10-19(22(33)37-20(15)11-17)18-8-7-16(34-3)9-14(18)2/h4-11H,1,12-13H2,2-3H3. The van der Waals surface area contributed by atoms with Gasteiger partial charge in [0.25, 0.3) is 0 Å². The van der Waals surface area contributed by atoms with Crippen molar-refractivity contribution in [1.29, 1.82) is 0 Å². The Hall–Kier alpha value is -3.96. The van der Waals surface area contributed by atoms with E-state index < -0.39 is 48.3 Å². The molecule has 3 aromatic rings. The molecule has 0 amide bonds. The van der Waals surface area contributed by atoms with Gasteiger partial charge >= 0.3 is 29.4 Å². The molecule has 198 valence electrons. The van der Waals surface area contributed by atoms with Crippen LogP contribution in [-0.2, 0) is 9.53 Å². The quantitative estimate of drug-likeness (QED) is 0.143. The number of fused-ring (bicyclic) bond motifs is 1. The van der Waals surface area contributed by atoms with E-state index in [-0.39, 0.29) is 11.1 Å². The van der Waals surface area contributed by atoms with Gasteiger partial charge in [-0.05, 0) is 48.4 Å². The zero-order chi connectivity index (χ0) is 27.6. The number of benzene rings is 2. The molecule has 3 rings (SSSR count). The SMILES string of the molecule is C=CC(=O)OCC(F)(F)C(F)(F)C(F)(F)COc1ccc2cc(-c3ccc(OC)cc3C)c(=O)oc2c1. The van der Waals surface area contributed by atoms with E-state index in [0.29, 0.717) is 28.3 Å². The zero-order valence-corrected chi connectivity index (χ0v) is 19.5. The Morgan fingerprint density at radius 2 is 1.59 bits per heavy atom. The summed E-state index contributed by atoms with van der Waals surface area (Å²) < 4.78 is 102. The van der Waals surface area contributed by atoms with Gasteiger partial charge in [0, 0.05) is 17.5 Å². The lowest BCUT2D eigenvalue weighted by Crippen LogP contribution is -2.58. The van der Waals surface area contributed by atoms with Gasteiger partial charge < -0.3 is 18.6 Å². The van der Waals surface area contributed by atoms with Crippen LogP contribution in [0.4, 0.5) is 26.3 Å². The van der Waals surface area contributed by atoms with E-state index in [9.17, 15) is 35.9 Å². The fourth-order valence-electron chi connectivity index (χ4n) is 3.28. The molecule has 0 fully saturated rings. The number of carbonyl (C=O) groups is 1. The third-order valence-corrected chi connectivity index (χ3v) is 5.33. The van der Waals surface area contributed by atoms with Gasteiger partial charge in [0.15, 0.2) is 13.2 Å². The molecule has 2 aromatic carbocycles. The van der Waals surface area contributed by atoms with Gasteiger partial charge in [-0.3, -0.25) is 0 Å². The number of esters is 1. The Morgan fingerprint density at radius 1 is 0.946 bits per heavy atom. The monoisotopic (exact) mass is 530 g/mol. The predicted octanol–water partition coefficient (Wildman–Crippen LogP) is 5.79. The summed E-state index contributed by atoms with van der Waals surface area (Å²) in [6.07, 6.45) is 0.411. The highest BCUT2D eigenvalue weighted by Crippen LogP contribution is 2.46. The van der Waals surface area contributed by atoms with Crippen LogP contribution in [0.1, 0.15) is 5.56 Å². The van der Waals surface area contributed by atoms with Gasteiger partial charge in [0.1, 0.15) is 17.1 Å². The molecule has 0 radical (unpaired) electrons. The maximum atomic E-state index is 14.1. The molecule has 0 bridgehead atoms. The predicted molar refractivity (Wildman–Crippen MR) is 121 cm³/mol. The van der Waals surface area contributed by atoms with Gasteiger partial charge in [0.05, 0.1) is 12.7 Å². The molecule has 0 unspecified atom stereocenters. The molecular weight excluding hydrogens is 510 g/mol. The molecule has 0 saturated heterocycles. The first-order valence-electron chi connectivity index (χ1n) is 10.5. The summed E-state index contributed by atoms with van der Waals surface area (Å²) in [5.41, 5.74) is 0.577. The maximum Gasteiger partial charge on any atom is 0.378 e. The molecule has 0 atom stereocenters. The average Bonchev–Trinajstić information content (AvgIpc) is 2.85. The Labute approximate surface area is 206 Å². The van der Waals surface area contributed by atoms with E-state index in [1.54, 1.807) is 25.1 Å². The molecule has 0 aliphatic carbocycles. The van der Waals surface area contributed by atoms with Gasteiger partial charge in [-0.1, -0.05) is 12.6 Å². The summed E-state index contributed by atoms with van der Waals surface area (Å²) in [4.78, 5) is 23.4. The van der Waals surface area contributed by atoms with Crippen molar-refractivity contribution in [3.63, 3.8) is 0 Å². The molecule has 0 aliphatic rings. The number of alkyl halides is 6. The number of halogens is 6. The third kappa shape index (κ3) is 5.57. The number of rotatable bonds is 10. The van der Waals surface area contributed by atoms with Crippen LogP contribution in [-0.4, -0.2) is 44.1 Å². The Bertz CT molecular complexity index is 1380. The van der Waals surface area contributed by atoms with Crippen molar-refractivity contribution >= 4 is 16.9 Å². The minimum absolute atomic E-state index is 0.117. The first kappa shape index (κ1) is 27.6. The van der Waals surface area contributed by atoms with Gasteiger partial charge in [-0.15, -0.1) is 0 Å². The number of aryl methyl sites for hydroxylation is 1. The number of hydrogen-bond acceptors (Lipinski definition) is 6. The van der Waals surface area contributed by atoms with Gasteiger partial charge in [-0.2, -0.15) is 26.3 Å². The van der Waals surface area contributed by atoms with Crippen LogP contribution < -0.4 is 15.1 Å². The van der Waals surface area contributed by atoms with Crippen molar-refractivity contribution in [3.8, 4) is 22.6 Å². The summed E-state index contributed by atoms with van der Waals surface area (Å²) in [5.74, 6) is -18.1. The van der Waals surface area contributed by atoms with Crippen LogP contribution in [0, 0.1) is 6.92 Å². The highest BCUT2D eigenvalue weighted by molar-refractivity contribution is 5.83. The molecule has 0 spiro atoms. The van der Waals surface area contributed by atoms with Crippen LogP contribution in [0.3, 0.4) is 0 Å². The van der Waals surface area contributed by atoms with E-state index in [2.05, 4.69) is 16.1 Å². The summed E-state index contributed by atoms with van der Waals surface area (Å²) >= 11 is 0. The summed E-state index contributed by atoms with van der Waals surface area (Å²) in [6, 6.07) is 9.90. The first-order valence-corrected chi connectivity index (χ1v) is 10.5. The van der Waals surface area contributed by atoms with Crippen LogP contribution >= 0.6 is 0 Å². The van der Waals surface area contributed by atoms with E-state index in [1.165, 1.54) is 19.2 Å². The van der Waals surface area contributed by atoms with Crippen molar-refractivity contribution in [2.75, 3.05) is 20.3 Å². The smallest absolute Gasteiger partial charge is 0.378 e. The highest BCUT2D eigenvalue weighted by atomic mass is 19.3. The molecule has 0 aliphatic heterocycles. The number of carbonyl (C=O) groups excluding carboxylic acids is 1. The number of ether oxygens (including phenoxy) is 3. The molecule has 12 heteroatoms. The fourth-order valence-corrected chi connectivity index (χ4v) is 3.28. The second kappa shape index (κ2) is 10.2. The van der Waals surface area contributed by atoms with E-state index in [0.717, 1.165) is 12.1 Å². The second-order valence-corrected chi connectivity index (χ2v) is 7.91. The van der Waals surface area contributed by atoms with E-state index in [4.69, 9.17) is 9.15 Å². The summed E-state index contributed by atoms with van der Waals surface area (Å²) in [7, 11) is 1.49. The second-order valence-electron chi connectivity index (χ2n) is 7.91. The molecule has 0 N–H and O–H groups in total. The van der Waals surface area contributed by atoms with Crippen molar-refractivity contribution in [3.05, 3.63) is 71.1 Å². The first-order chi connectivity index (χ1) is 17.2. The Balaban J connectivity index is 1.82. The zero-order valence-electron chi connectivity index (χ0n) is 19.5. The van der Waals surface area contributed by atoms with Crippen molar-refractivity contribution in [2.24, 2.45) is 0 Å². The van der Waals surface area contributed by atoms with E-state index >= 15 is 0 Å². The molecule has 6 nitrogen and oxygen atoms in total. The summed E-state index contributed by atoms with van der Waals surface area (Å²) in [6.45, 7) is 0.194. The highest BCUT2D eigenvalue weighted by Gasteiger charge is 2.72. The van der Waals surface area contributed by atoms with Crippen LogP contribution in [0.25, 0.3) is 22.1 Å². The van der Waals surface area contributed by atoms with Crippen molar-refractivity contribution in [1.82, 2.24) is 0 Å². The third-order valence-electron chi connectivity index (χ3n) is 5.33. The van der Waals surface area contributed by atoms with E-state index in [1.807, 2.05) is 0 Å². The minimum Gasteiger partial charge on any atom is -0.497 e. The number of methoxy groups -OCH3 is 1. The molecule has 0 saturated carbocycles. The van der Waals surface area contributed by atoms with Gasteiger partial charge in [-0.25, -0.2) is 9.59 Å². The topological polar surface area (TPSA) is 75.0 Å². The minimum atomic E-state index is -5.93.